The molecule has 1 heteroatoms. The van der Waals surface area contributed by atoms with Crippen LogP contribution >= 0.6 is 0 Å². The fourth-order valence-corrected chi connectivity index (χ4v) is 4.12. The molecule has 30 heavy (non-hydrogen) atoms. The monoisotopic (exact) mass is 411 g/mol. The van der Waals surface area contributed by atoms with Crippen molar-refractivity contribution in [2.45, 2.75) is 112 Å². The molecule has 0 bridgehead atoms. The van der Waals surface area contributed by atoms with Crippen molar-refractivity contribution >= 4 is 0 Å². The third-order valence-corrected chi connectivity index (χ3v) is 6.22. The van der Waals surface area contributed by atoms with E-state index in [-0.39, 0.29) is 0 Å². The second kappa shape index (κ2) is 20.7. The van der Waals surface area contributed by atoms with Gasteiger partial charge in [0.15, 0.2) is 0 Å². The number of nitrogens with zero attached hydrogens (tertiary/aromatic N) is 1. The Morgan fingerprint density at radius 1 is 0.867 bits per heavy atom. The van der Waals surface area contributed by atoms with Gasteiger partial charge >= 0.3 is 0 Å². The predicted molar refractivity (Wildman–Crippen MR) is 135 cm³/mol. The number of benzene rings is 1. The molecule has 0 spiro atoms. The van der Waals surface area contributed by atoms with Crippen LogP contribution in [-0.4, -0.2) is 0 Å². The minimum atomic E-state index is 0.724. The molecule has 1 aromatic carbocycles. The minimum Gasteiger partial charge on any atom is -0.198 e. The Kier molecular flexibility index (Phi) is 19.6. The lowest BCUT2D eigenvalue weighted by Crippen LogP contribution is -2.18. The highest BCUT2D eigenvalue weighted by Crippen LogP contribution is 2.30. The molecule has 0 radical (unpaired) electrons. The van der Waals surface area contributed by atoms with Crippen molar-refractivity contribution in [3.05, 3.63) is 48.0 Å². The van der Waals surface area contributed by atoms with Gasteiger partial charge in [0.1, 0.15) is 0 Å². The quantitative estimate of drug-likeness (QED) is 0.208. The van der Waals surface area contributed by atoms with Crippen molar-refractivity contribution in [2.75, 3.05) is 0 Å². The number of unbranched alkanes of at least 4 members (excludes halogenated alkanes) is 5. The van der Waals surface area contributed by atoms with E-state index in [4.69, 9.17) is 5.26 Å². The van der Waals surface area contributed by atoms with Gasteiger partial charge in [0.25, 0.3) is 0 Å². The summed E-state index contributed by atoms with van der Waals surface area (Å²) in [7, 11) is 0. The summed E-state index contributed by atoms with van der Waals surface area (Å²) in [6.07, 6.45) is 19.3. The summed E-state index contributed by atoms with van der Waals surface area (Å²) >= 11 is 0. The van der Waals surface area contributed by atoms with Crippen molar-refractivity contribution in [3.8, 4) is 6.07 Å². The molecule has 0 fully saturated rings. The molecule has 0 amide bonds. The summed E-state index contributed by atoms with van der Waals surface area (Å²) in [5.74, 6) is 2.53. The topological polar surface area (TPSA) is 23.8 Å². The number of nitriles is 1. The molecular formula is C29H49N. The van der Waals surface area contributed by atoms with Crippen LogP contribution in [-0.2, 0) is 6.42 Å². The lowest BCUT2D eigenvalue weighted by Gasteiger charge is -2.28. The third kappa shape index (κ3) is 15.3. The van der Waals surface area contributed by atoms with Crippen LogP contribution in [0.15, 0.2) is 42.5 Å². The summed E-state index contributed by atoms with van der Waals surface area (Å²) in [4.78, 5) is 0. The maximum Gasteiger partial charge on any atom is 0.0621 e. The highest BCUT2D eigenvalue weighted by Gasteiger charge is 2.20. The van der Waals surface area contributed by atoms with Gasteiger partial charge in [-0.05, 0) is 55.4 Å². The fourth-order valence-electron chi connectivity index (χ4n) is 4.12. The molecule has 0 saturated carbocycles. The van der Waals surface area contributed by atoms with Crippen molar-refractivity contribution in [1.29, 1.82) is 5.26 Å². The van der Waals surface area contributed by atoms with Gasteiger partial charge in [-0.25, -0.2) is 0 Å². The molecule has 1 aromatic rings. The van der Waals surface area contributed by atoms with Gasteiger partial charge in [-0.2, -0.15) is 5.26 Å². The van der Waals surface area contributed by atoms with E-state index in [2.05, 4.69) is 83.2 Å². The van der Waals surface area contributed by atoms with E-state index in [1.54, 1.807) is 0 Å². The lowest BCUT2D eigenvalue weighted by atomic mass is 9.78. The van der Waals surface area contributed by atoms with Crippen LogP contribution in [0.5, 0.6) is 0 Å². The number of hydrogen-bond donors (Lipinski definition) is 0. The van der Waals surface area contributed by atoms with Crippen molar-refractivity contribution in [2.24, 2.45) is 17.8 Å². The number of aryl methyl sites for hydroxylation is 1. The average molecular weight is 412 g/mol. The average Bonchev–Trinajstić information content (AvgIpc) is 2.76. The zero-order valence-corrected chi connectivity index (χ0v) is 20.7. The van der Waals surface area contributed by atoms with Crippen LogP contribution in [0.1, 0.15) is 111 Å². The van der Waals surface area contributed by atoms with Crippen molar-refractivity contribution < 1.29 is 0 Å². The molecule has 0 aliphatic carbocycles. The van der Waals surface area contributed by atoms with Gasteiger partial charge in [-0.3, -0.25) is 0 Å². The van der Waals surface area contributed by atoms with Gasteiger partial charge in [-0.15, -0.1) is 0 Å². The summed E-state index contributed by atoms with van der Waals surface area (Å²) in [5.41, 5.74) is 1.44. The van der Waals surface area contributed by atoms with E-state index in [1.807, 2.05) is 0 Å². The zero-order valence-electron chi connectivity index (χ0n) is 20.7. The molecule has 3 unspecified atom stereocenters. The van der Waals surface area contributed by atoms with Gasteiger partial charge < -0.3 is 0 Å². The molecule has 0 aromatic heterocycles. The molecule has 170 valence electrons. The lowest BCUT2D eigenvalue weighted by molar-refractivity contribution is 0.238. The van der Waals surface area contributed by atoms with Crippen LogP contribution in [0.4, 0.5) is 0 Å². The van der Waals surface area contributed by atoms with E-state index < -0.39 is 0 Å². The maximum atomic E-state index is 8.48. The molecule has 1 nitrogen and oxygen atoms in total. The Hall–Kier alpha value is -1.55. The Labute approximate surface area is 189 Å². The summed E-state index contributed by atoms with van der Waals surface area (Å²) < 4.78 is 0. The highest BCUT2D eigenvalue weighted by molar-refractivity contribution is 5.14. The van der Waals surface area contributed by atoms with Crippen LogP contribution in [0.2, 0.25) is 0 Å². The Bertz CT molecular complexity index is 539. The Balaban J connectivity index is 0.000000769. The molecule has 0 saturated heterocycles. The standard InChI is InChI=1S/C20H37N.C9H12/c1-5-15-19(4)20(18(3)6-2)16-13-11-9-7-8-10-12-14-17-21;1-2-6-9-7-4-3-5-8-9/h11,13,18-20H,5-10,12,14-16H2,1-4H3;3-5,7-8H,2,6H2,1H3. The highest BCUT2D eigenvalue weighted by atomic mass is 14.3. The van der Waals surface area contributed by atoms with E-state index in [9.17, 15) is 0 Å². The molecular weight excluding hydrogens is 362 g/mol. The fraction of sp³-hybridized carbons (Fsp3) is 0.690. The maximum absolute atomic E-state index is 8.48. The number of hydrogen-bond acceptors (Lipinski definition) is 1. The summed E-state index contributed by atoms with van der Waals surface area (Å²) in [6.45, 7) is 11.7. The van der Waals surface area contributed by atoms with E-state index >= 15 is 0 Å². The van der Waals surface area contributed by atoms with Crippen LogP contribution < -0.4 is 0 Å². The van der Waals surface area contributed by atoms with Crippen molar-refractivity contribution in [1.82, 2.24) is 0 Å². The Morgan fingerprint density at radius 3 is 2.17 bits per heavy atom. The first-order chi connectivity index (χ1) is 14.6. The summed E-state index contributed by atoms with van der Waals surface area (Å²) in [5, 5.41) is 8.48. The molecule has 0 N–H and O–H groups in total. The Morgan fingerprint density at radius 2 is 1.57 bits per heavy atom. The second-order valence-corrected chi connectivity index (χ2v) is 8.87. The molecule has 0 aliphatic heterocycles. The van der Waals surface area contributed by atoms with Gasteiger partial charge in [0.2, 0.25) is 0 Å². The van der Waals surface area contributed by atoms with Crippen LogP contribution in [0, 0.1) is 29.1 Å². The number of allylic oxidation sites excluding steroid dienone is 2. The number of rotatable bonds is 15. The van der Waals surface area contributed by atoms with Crippen LogP contribution in [0.3, 0.4) is 0 Å². The first-order valence-electron chi connectivity index (χ1n) is 12.7. The molecule has 3 atom stereocenters. The minimum absolute atomic E-state index is 0.724. The first-order valence-corrected chi connectivity index (χ1v) is 12.7. The largest absolute Gasteiger partial charge is 0.198 e. The van der Waals surface area contributed by atoms with Gasteiger partial charge in [-0.1, -0.05) is 116 Å². The van der Waals surface area contributed by atoms with Gasteiger partial charge in [0.05, 0.1) is 6.07 Å². The van der Waals surface area contributed by atoms with Crippen molar-refractivity contribution in [3.63, 3.8) is 0 Å². The second-order valence-electron chi connectivity index (χ2n) is 8.87. The van der Waals surface area contributed by atoms with E-state index in [0.29, 0.717) is 0 Å². The first kappa shape index (κ1) is 28.5. The molecule has 0 aliphatic rings. The third-order valence-electron chi connectivity index (χ3n) is 6.22. The van der Waals surface area contributed by atoms with Gasteiger partial charge in [0, 0.05) is 6.42 Å². The SMILES string of the molecule is CCCC(C)C(CC=CCCCCCCC#N)C(C)CC.CCCc1ccccc1. The smallest absolute Gasteiger partial charge is 0.0621 e. The normalized spacial score (nSPS) is 13.9. The molecule has 1 rings (SSSR count). The van der Waals surface area contributed by atoms with E-state index in [0.717, 1.165) is 30.6 Å². The molecule has 0 heterocycles. The zero-order chi connectivity index (χ0) is 22.5. The predicted octanol–water partition coefficient (Wildman–Crippen LogP) is 9.53. The summed E-state index contributed by atoms with van der Waals surface area (Å²) in [6, 6.07) is 12.8. The van der Waals surface area contributed by atoms with E-state index in [1.165, 1.54) is 69.8 Å². The van der Waals surface area contributed by atoms with Crippen LogP contribution in [0.25, 0.3) is 0 Å².